The van der Waals surface area contributed by atoms with E-state index in [0.717, 1.165) is 5.56 Å². The Bertz CT molecular complexity index is 726. The minimum atomic E-state index is -0.586. The van der Waals surface area contributed by atoms with Crippen molar-refractivity contribution < 1.29 is 9.53 Å². The highest BCUT2D eigenvalue weighted by Gasteiger charge is 2.09. The molecule has 0 saturated carbocycles. The first-order chi connectivity index (χ1) is 9.10. The highest BCUT2D eigenvalue weighted by atomic mass is 16.5. The zero-order valence-corrected chi connectivity index (χ0v) is 10.1. The van der Waals surface area contributed by atoms with Gasteiger partial charge in [0.2, 0.25) is 5.88 Å². The molecule has 1 N–H and O–H groups in total. The largest absolute Gasteiger partial charge is 0.406 e. The highest BCUT2D eigenvalue weighted by molar-refractivity contribution is 5.91. The van der Waals surface area contributed by atoms with Gasteiger partial charge in [0.25, 0.3) is 5.56 Å². The van der Waals surface area contributed by atoms with Crippen LogP contribution in [0.2, 0.25) is 0 Å². The van der Waals surface area contributed by atoms with Gasteiger partial charge in [-0.25, -0.2) is 4.79 Å². The molecule has 0 saturated heterocycles. The molecule has 2 aromatic rings. The Kier molecular flexibility index (Phi) is 3.44. The van der Waals surface area contributed by atoms with Crippen molar-refractivity contribution in [3.05, 3.63) is 63.4 Å². The number of carbonyl (C=O) groups is 1. The van der Waals surface area contributed by atoms with E-state index >= 15 is 0 Å². The summed E-state index contributed by atoms with van der Waals surface area (Å²) in [5, 5.41) is 8.62. The van der Waals surface area contributed by atoms with Gasteiger partial charge < -0.3 is 4.74 Å². The number of nitriles is 1. The number of hydrogen-bond acceptors (Lipinski definition) is 4. The molecule has 0 aliphatic heterocycles. The average Bonchev–Trinajstić information content (AvgIpc) is 2.39. The van der Waals surface area contributed by atoms with E-state index in [1.165, 1.54) is 12.1 Å². The maximum atomic E-state index is 11.8. The number of H-pyrrole nitrogens is 1. The molecule has 0 radical (unpaired) electrons. The van der Waals surface area contributed by atoms with Crippen molar-refractivity contribution in [3.63, 3.8) is 0 Å². The Morgan fingerprint density at radius 3 is 2.74 bits per heavy atom. The number of nitrogens with zero attached hydrogens (tertiary/aromatic N) is 1. The lowest BCUT2D eigenvalue weighted by molar-refractivity contribution is 0.0727. The van der Waals surface area contributed by atoms with Crippen LogP contribution in [0.3, 0.4) is 0 Å². The second-order valence-electron chi connectivity index (χ2n) is 3.94. The fourth-order valence-corrected chi connectivity index (χ4v) is 1.53. The summed E-state index contributed by atoms with van der Waals surface area (Å²) >= 11 is 0. The number of aromatic amines is 1. The zero-order valence-electron chi connectivity index (χ0n) is 10.1. The molecule has 5 nitrogen and oxygen atoms in total. The summed E-state index contributed by atoms with van der Waals surface area (Å²) in [7, 11) is 0. The number of nitrogens with one attached hydrogen (secondary N) is 1. The predicted octanol–water partition coefficient (Wildman–Crippen LogP) is 1.77. The molecule has 0 bridgehead atoms. The van der Waals surface area contributed by atoms with Gasteiger partial charge in [0.15, 0.2) is 0 Å². The predicted molar refractivity (Wildman–Crippen MR) is 67.9 cm³/mol. The van der Waals surface area contributed by atoms with Crippen LogP contribution in [0.4, 0.5) is 0 Å². The molecule has 0 aliphatic carbocycles. The van der Waals surface area contributed by atoms with E-state index in [4.69, 9.17) is 10.00 Å². The first-order valence-corrected chi connectivity index (χ1v) is 5.52. The molecule has 1 heterocycles. The van der Waals surface area contributed by atoms with Crippen molar-refractivity contribution >= 4 is 5.97 Å². The third-order valence-electron chi connectivity index (χ3n) is 2.46. The van der Waals surface area contributed by atoms with Gasteiger partial charge in [-0.15, -0.1) is 0 Å². The molecule has 0 aliphatic rings. The van der Waals surface area contributed by atoms with Crippen molar-refractivity contribution in [1.82, 2.24) is 4.98 Å². The molecule has 0 spiro atoms. The number of benzene rings is 1. The lowest BCUT2D eigenvalue weighted by atomic mass is 10.1. The third kappa shape index (κ3) is 2.87. The van der Waals surface area contributed by atoms with E-state index in [1.54, 1.807) is 24.3 Å². The molecule has 1 aromatic carbocycles. The summed E-state index contributed by atoms with van der Waals surface area (Å²) in [6.45, 7) is 1.86. The number of aryl methyl sites for hydroxylation is 1. The summed E-state index contributed by atoms with van der Waals surface area (Å²) in [6, 6.07) is 11.3. The van der Waals surface area contributed by atoms with E-state index < -0.39 is 11.5 Å². The molecule has 2 rings (SSSR count). The third-order valence-corrected chi connectivity index (χ3v) is 2.46. The Balaban J connectivity index is 2.22. The summed E-state index contributed by atoms with van der Waals surface area (Å²) in [5.41, 5.74) is 0.709. The van der Waals surface area contributed by atoms with Crippen LogP contribution in [0.1, 0.15) is 21.5 Å². The van der Waals surface area contributed by atoms with Gasteiger partial charge in [-0.3, -0.25) is 9.78 Å². The van der Waals surface area contributed by atoms with Gasteiger partial charge in [0.1, 0.15) is 11.6 Å². The summed E-state index contributed by atoms with van der Waals surface area (Å²) in [4.78, 5) is 25.5. The average molecular weight is 254 g/mol. The monoisotopic (exact) mass is 254 g/mol. The molecule has 94 valence electrons. The first kappa shape index (κ1) is 12.6. The van der Waals surface area contributed by atoms with Crippen LogP contribution in [0.25, 0.3) is 0 Å². The molecular formula is C14H10N2O3. The van der Waals surface area contributed by atoms with Crippen LogP contribution in [0.15, 0.2) is 41.2 Å². The van der Waals surface area contributed by atoms with Crippen molar-refractivity contribution in [3.8, 4) is 11.9 Å². The molecule has 0 amide bonds. The second kappa shape index (κ2) is 5.19. The topological polar surface area (TPSA) is 82.9 Å². The maximum absolute atomic E-state index is 11.8. The van der Waals surface area contributed by atoms with Gasteiger partial charge in [-0.1, -0.05) is 17.7 Å². The van der Waals surface area contributed by atoms with Crippen LogP contribution in [0.5, 0.6) is 5.88 Å². The molecule has 0 fully saturated rings. The quantitative estimate of drug-likeness (QED) is 0.828. The molecule has 5 heteroatoms. The van der Waals surface area contributed by atoms with Crippen LogP contribution in [-0.2, 0) is 0 Å². The Hall–Kier alpha value is -2.87. The van der Waals surface area contributed by atoms with Gasteiger partial charge in [0.05, 0.1) is 5.56 Å². The minimum absolute atomic E-state index is 0.00973. The Labute approximate surface area is 109 Å². The van der Waals surface area contributed by atoms with Crippen LogP contribution in [0, 0.1) is 18.3 Å². The SMILES string of the molecule is Cc1cccc(C(=O)Oc2ccc(C#N)c(=O)[nH]2)c1. The van der Waals surface area contributed by atoms with E-state index in [-0.39, 0.29) is 11.4 Å². The van der Waals surface area contributed by atoms with Crippen LogP contribution < -0.4 is 10.3 Å². The molecule has 0 unspecified atom stereocenters. The number of hydrogen-bond donors (Lipinski definition) is 1. The van der Waals surface area contributed by atoms with E-state index in [0.29, 0.717) is 5.56 Å². The van der Waals surface area contributed by atoms with Crippen molar-refractivity contribution in [2.75, 3.05) is 0 Å². The Morgan fingerprint density at radius 1 is 1.32 bits per heavy atom. The van der Waals surface area contributed by atoms with Gasteiger partial charge in [0, 0.05) is 6.07 Å². The van der Waals surface area contributed by atoms with Crippen molar-refractivity contribution in [1.29, 1.82) is 5.26 Å². The van der Waals surface area contributed by atoms with Crippen LogP contribution >= 0.6 is 0 Å². The maximum Gasteiger partial charge on any atom is 0.344 e. The lowest BCUT2D eigenvalue weighted by Gasteiger charge is -2.04. The Morgan fingerprint density at radius 2 is 2.11 bits per heavy atom. The van der Waals surface area contributed by atoms with Gasteiger partial charge >= 0.3 is 5.97 Å². The normalized spacial score (nSPS) is 9.68. The van der Waals surface area contributed by atoms with Gasteiger partial charge in [-0.2, -0.15) is 5.26 Å². The van der Waals surface area contributed by atoms with Gasteiger partial charge in [-0.05, 0) is 25.1 Å². The zero-order chi connectivity index (χ0) is 13.8. The number of esters is 1. The number of pyridine rings is 1. The number of rotatable bonds is 2. The highest BCUT2D eigenvalue weighted by Crippen LogP contribution is 2.09. The molecule has 1 aromatic heterocycles. The van der Waals surface area contributed by atoms with E-state index in [2.05, 4.69) is 4.98 Å². The van der Waals surface area contributed by atoms with Crippen LogP contribution in [-0.4, -0.2) is 11.0 Å². The summed E-state index contributed by atoms with van der Waals surface area (Å²) in [6.07, 6.45) is 0. The first-order valence-electron chi connectivity index (χ1n) is 5.52. The molecule has 19 heavy (non-hydrogen) atoms. The fraction of sp³-hybridized carbons (Fsp3) is 0.0714. The van der Waals surface area contributed by atoms with E-state index in [9.17, 15) is 9.59 Å². The molecule has 0 atom stereocenters. The number of carbonyl (C=O) groups excluding carboxylic acids is 1. The molecular weight excluding hydrogens is 244 g/mol. The smallest absolute Gasteiger partial charge is 0.344 e. The van der Waals surface area contributed by atoms with Crippen molar-refractivity contribution in [2.45, 2.75) is 6.92 Å². The van der Waals surface area contributed by atoms with Crippen molar-refractivity contribution in [2.24, 2.45) is 0 Å². The standard InChI is InChI=1S/C14H10N2O3/c1-9-3-2-4-10(7-9)14(18)19-12-6-5-11(8-15)13(17)16-12/h2-7H,1H3,(H,16,17). The summed E-state index contributed by atoms with van der Waals surface area (Å²) < 4.78 is 5.03. The second-order valence-corrected chi connectivity index (χ2v) is 3.94. The summed E-state index contributed by atoms with van der Waals surface area (Å²) in [5.74, 6) is -0.556. The fourth-order valence-electron chi connectivity index (χ4n) is 1.53. The van der Waals surface area contributed by atoms with E-state index in [1.807, 2.05) is 13.0 Å². The minimum Gasteiger partial charge on any atom is -0.406 e. The number of aromatic nitrogens is 1. The number of ether oxygens (including phenoxy) is 1. The lowest BCUT2D eigenvalue weighted by Crippen LogP contribution is -2.15.